The van der Waals surface area contributed by atoms with Gasteiger partial charge in [0, 0.05) is 0 Å². The fraction of sp³-hybridized carbons (Fsp3) is 0.500. The molecule has 2 fully saturated rings. The fourth-order valence-corrected chi connectivity index (χ4v) is 5.04. The molecule has 2 aromatic carbocycles. The minimum Gasteiger partial charge on any atom is -0.494 e. The van der Waals surface area contributed by atoms with E-state index < -0.39 is 0 Å². The second-order valence-electron chi connectivity index (χ2n) is 9.34. The van der Waals surface area contributed by atoms with Gasteiger partial charge in [-0.05, 0) is 93.1 Å². The summed E-state index contributed by atoms with van der Waals surface area (Å²) >= 11 is 0. The van der Waals surface area contributed by atoms with Crippen molar-refractivity contribution in [1.82, 2.24) is 4.90 Å². The molecule has 4 rings (SSSR count). The Morgan fingerprint density at radius 2 is 1.66 bits per heavy atom. The molecule has 1 unspecified atom stereocenters. The number of imide groups is 1. The summed E-state index contributed by atoms with van der Waals surface area (Å²) < 4.78 is 16.4. The number of ether oxygens (including phenoxy) is 3. The van der Waals surface area contributed by atoms with Crippen LogP contribution in [0, 0.1) is 5.92 Å². The van der Waals surface area contributed by atoms with Crippen molar-refractivity contribution in [1.29, 1.82) is 0 Å². The van der Waals surface area contributed by atoms with Gasteiger partial charge in [-0.15, -0.1) is 0 Å². The number of amides is 2. The Balaban J connectivity index is 1.29. The van der Waals surface area contributed by atoms with Crippen LogP contribution in [-0.4, -0.2) is 56.7 Å². The van der Waals surface area contributed by atoms with E-state index in [-0.39, 0.29) is 24.3 Å². The van der Waals surface area contributed by atoms with Crippen LogP contribution in [0.25, 0.3) is 0 Å². The number of hydrogen-bond acceptors (Lipinski definition) is 6. The maximum Gasteiger partial charge on any atom is 0.251 e. The van der Waals surface area contributed by atoms with E-state index in [0.717, 1.165) is 62.4 Å². The monoisotopic (exact) mass is 480 g/mol. The van der Waals surface area contributed by atoms with E-state index in [4.69, 9.17) is 14.2 Å². The number of aryl methyl sites for hydroxylation is 1. The molecule has 0 radical (unpaired) electrons. The lowest BCUT2D eigenvalue weighted by atomic mass is 9.89. The number of carbonyl (C=O) groups excluding carboxylic acids is 2. The summed E-state index contributed by atoms with van der Waals surface area (Å²) in [6.07, 6.45) is 5.34. The predicted octanol–water partition coefficient (Wildman–Crippen LogP) is 4.47. The number of anilines is 1. The number of carbonyl (C=O) groups is 2. The van der Waals surface area contributed by atoms with Gasteiger partial charge in [-0.1, -0.05) is 13.0 Å². The summed E-state index contributed by atoms with van der Waals surface area (Å²) in [4.78, 5) is 29.5. The lowest BCUT2D eigenvalue weighted by molar-refractivity contribution is -0.123. The first-order chi connectivity index (χ1) is 17.0. The molecule has 7 nitrogen and oxygen atoms in total. The van der Waals surface area contributed by atoms with Crippen molar-refractivity contribution < 1.29 is 23.8 Å². The molecule has 35 heavy (non-hydrogen) atoms. The molecule has 0 N–H and O–H groups in total. The Morgan fingerprint density at radius 1 is 0.943 bits per heavy atom. The minimum absolute atomic E-state index is 0.110. The largest absolute Gasteiger partial charge is 0.494 e. The van der Waals surface area contributed by atoms with Crippen molar-refractivity contribution in [2.24, 2.45) is 5.92 Å². The molecule has 7 heteroatoms. The van der Waals surface area contributed by atoms with Crippen LogP contribution < -0.4 is 19.1 Å². The molecule has 0 saturated carbocycles. The highest BCUT2D eigenvalue weighted by Gasteiger charge is 2.43. The highest BCUT2D eigenvalue weighted by Crippen LogP contribution is 2.32. The van der Waals surface area contributed by atoms with E-state index in [0.29, 0.717) is 18.2 Å². The molecular weight excluding hydrogens is 444 g/mol. The van der Waals surface area contributed by atoms with Gasteiger partial charge in [0.05, 0.1) is 39.0 Å². The number of benzene rings is 2. The van der Waals surface area contributed by atoms with Gasteiger partial charge in [-0.25, -0.2) is 4.90 Å². The van der Waals surface area contributed by atoms with Crippen molar-refractivity contribution in [2.75, 3.05) is 38.8 Å². The molecular formula is C28H36N2O5. The van der Waals surface area contributed by atoms with Crippen LogP contribution in [0.5, 0.6) is 17.2 Å². The third-order valence-electron chi connectivity index (χ3n) is 7.07. The highest BCUT2D eigenvalue weighted by atomic mass is 16.5. The first-order valence-electron chi connectivity index (χ1n) is 12.6. The minimum atomic E-state index is -0.356. The SMILES string of the molecule is CCCOc1ccc(N2C(=O)CC(N3CCC(CCc4ccc(OC)c(OC)c4)CC3)C2=O)cc1. The van der Waals surface area contributed by atoms with Crippen LogP contribution in [0.2, 0.25) is 0 Å². The van der Waals surface area contributed by atoms with E-state index in [1.165, 1.54) is 10.5 Å². The third kappa shape index (κ3) is 5.78. The van der Waals surface area contributed by atoms with Crippen molar-refractivity contribution in [3.8, 4) is 17.2 Å². The molecule has 0 aliphatic carbocycles. The molecule has 2 aromatic rings. The Morgan fingerprint density at radius 3 is 2.31 bits per heavy atom. The normalized spacial score (nSPS) is 19.3. The molecule has 2 saturated heterocycles. The fourth-order valence-electron chi connectivity index (χ4n) is 5.04. The molecule has 0 bridgehead atoms. The number of hydrogen-bond donors (Lipinski definition) is 0. The van der Waals surface area contributed by atoms with Gasteiger partial charge in [0.15, 0.2) is 11.5 Å². The average molecular weight is 481 g/mol. The zero-order chi connectivity index (χ0) is 24.8. The van der Waals surface area contributed by atoms with Crippen molar-refractivity contribution in [3.63, 3.8) is 0 Å². The number of likely N-dealkylation sites (tertiary alicyclic amines) is 1. The summed E-state index contributed by atoms with van der Waals surface area (Å²) in [5.74, 6) is 2.63. The summed E-state index contributed by atoms with van der Waals surface area (Å²) in [5.41, 5.74) is 1.86. The van der Waals surface area contributed by atoms with E-state index in [1.54, 1.807) is 26.4 Å². The van der Waals surface area contributed by atoms with E-state index in [2.05, 4.69) is 17.9 Å². The number of nitrogens with zero attached hydrogens (tertiary/aromatic N) is 2. The molecule has 2 aliphatic rings. The smallest absolute Gasteiger partial charge is 0.251 e. The van der Waals surface area contributed by atoms with Crippen LogP contribution in [0.15, 0.2) is 42.5 Å². The molecule has 2 amide bonds. The van der Waals surface area contributed by atoms with E-state index in [1.807, 2.05) is 24.3 Å². The first-order valence-corrected chi connectivity index (χ1v) is 12.6. The van der Waals surface area contributed by atoms with Crippen molar-refractivity contribution in [3.05, 3.63) is 48.0 Å². The van der Waals surface area contributed by atoms with Crippen molar-refractivity contribution in [2.45, 2.75) is 51.5 Å². The second kappa shape index (κ2) is 11.6. The van der Waals surface area contributed by atoms with Gasteiger partial charge in [0.2, 0.25) is 5.91 Å². The van der Waals surface area contributed by atoms with Gasteiger partial charge in [-0.2, -0.15) is 0 Å². The van der Waals surface area contributed by atoms with Crippen LogP contribution in [0.4, 0.5) is 5.69 Å². The molecule has 1 atom stereocenters. The number of methoxy groups -OCH3 is 2. The molecule has 188 valence electrons. The van der Waals surface area contributed by atoms with Crippen LogP contribution >= 0.6 is 0 Å². The first kappa shape index (κ1) is 25.0. The standard InChI is InChI=1S/C28H36N2O5/c1-4-17-35-23-10-8-22(9-11-23)30-27(31)19-24(28(30)32)29-15-13-20(14-16-29)5-6-21-7-12-25(33-2)26(18-21)34-3/h7-12,18,20,24H,4-6,13-17,19H2,1-3H3. The molecule has 0 spiro atoms. The van der Waals surface area contributed by atoms with Gasteiger partial charge in [0.1, 0.15) is 5.75 Å². The van der Waals surface area contributed by atoms with E-state index >= 15 is 0 Å². The average Bonchev–Trinajstić information content (AvgIpc) is 3.20. The Kier molecular flexibility index (Phi) is 8.29. The maximum absolute atomic E-state index is 13.2. The zero-order valence-electron chi connectivity index (χ0n) is 21.0. The predicted molar refractivity (Wildman–Crippen MR) is 135 cm³/mol. The summed E-state index contributed by atoms with van der Waals surface area (Å²) in [6, 6.07) is 13.0. The summed E-state index contributed by atoms with van der Waals surface area (Å²) in [5, 5.41) is 0. The molecule has 0 aromatic heterocycles. The van der Waals surface area contributed by atoms with Crippen molar-refractivity contribution >= 4 is 17.5 Å². The van der Waals surface area contributed by atoms with Gasteiger partial charge in [-0.3, -0.25) is 14.5 Å². The quantitative estimate of drug-likeness (QED) is 0.468. The van der Waals surface area contributed by atoms with E-state index in [9.17, 15) is 9.59 Å². The summed E-state index contributed by atoms with van der Waals surface area (Å²) in [7, 11) is 3.30. The number of piperidine rings is 1. The van der Waals surface area contributed by atoms with Crippen LogP contribution in [-0.2, 0) is 16.0 Å². The topological polar surface area (TPSA) is 68.3 Å². The Labute approximate surface area is 207 Å². The van der Waals surface area contributed by atoms with Gasteiger partial charge in [0.25, 0.3) is 5.91 Å². The maximum atomic E-state index is 13.2. The number of rotatable bonds is 10. The second-order valence-corrected chi connectivity index (χ2v) is 9.34. The Hall–Kier alpha value is -3.06. The molecule has 2 aliphatic heterocycles. The zero-order valence-corrected chi connectivity index (χ0v) is 21.0. The lowest BCUT2D eigenvalue weighted by Gasteiger charge is -2.34. The Bertz CT molecular complexity index is 1010. The highest BCUT2D eigenvalue weighted by molar-refractivity contribution is 6.22. The summed E-state index contributed by atoms with van der Waals surface area (Å²) in [6.45, 7) is 4.39. The van der Waals surface area contributed by atoms with Gasteiger partial charge < -0.3 is 14.2 Å². The van der Waals surface area contributed by atoms with Crippen LogP contribution in [0.3, 0.4) is 0 Å². The van der Waals surface area contributed by atoms with Crippen LogP contribution in [0.1, 0.15) is 44.6 Å². The lowest BCUT2D eigenvalue weighted by Crippen LogP contribution is -2.46. The molecule has 2 heterocycles. The third-order valence-corrected chi connectivity index (χ3v) is 7.07. The van der Waals surface area contributed by atoms with Gasteiger partial charge >= 0.3 is 0 Å².